The van der Waals surface area contributed by atoms with Crippen LogP contribution in [0.3, 0.4) is 0 Å². The Labute approximate surface area is 121 Å². The molecule has 20 heavy (non-hydrogen) atoms. The molecule has 2 unspecified atom stereocenters. The molecule has 0 aliphatic carbocycles. The highest BCUT2D eigenvalue weighted by Crippen LogP contribution is 2.27. The van der Waals surface area contributed by atoms with Gasteiger partial charge < -0.3 is 4.74 Å². The molecule has 0 aromatic heterocycles. The van der Waals surface area contributed by atoms with Crippen LogP contribution in [-0.2, 0) is 0 Å². The summed E-state index contributed by atoms with van der Waals surface area (Å²) in [6, 6.07) is 18.1. The van der Waals surface area contributed by atoms with Gasteiger partial charge in [-0.15, -0.1) is 5.92 Å². The Morgan fingerprint density at radius 1 is 0.850 bits per heavy atom. The lowest BCUT2D eigenvalue weighted by Gasteiger charge is -2.15. The third-order valence-electron chi connectivity index (χ3n) is 3.51. The molecule has 2 aromatic carbocycles. The van der Waals surface area contributed by atoms with Crippen LogP contribution in [-0.4, -0.2) is 0 Å². The van der Waals surface area contributed by atoms with Crippen LogP contribution < -0.4 is 4.74 Å². The lowest BCUT2D eigenvalue weighted by atomic mass is 9.89. The number of hydrogen-bond acceptors (Lipinski definition) is 1. The molecule has 0 aliphatic heterocycles. The molecule has 2 atom stereocenters. The number of para-hydroxylation sites is 1. The van der Waals surface area contributed by atoms with Gasteiger partial charge in [-0.25, -0.2) is 0 Å². The first-order valence-corrected chi connectivity index (χ1v) is 6.96. The molecule has 2 aromatic rings. The summed E-state index contributed by atoms with van der Waals surface area (Å²) < 4.78 is 5.79. The average molecular weight is 264 g/mol. The second-order valence-electron chi connectivity index (χ2n) is 4.96. The fourth-order valence-electron chi connectivity index (χ4n) is 2.11. The van der Waals surface area contributed by atoms with Crippen molar-refractivity contribution in [2.75, 3.05) is 0 Å². The van der Waals surface area contributed by atoms with Gasteiger partial charge in [-0.3, -0.25) is 0 Å². The fourth-order valence-corrected chi connectivity index (χ4v) is 2.11. The molecule has 0 heterocycles. The average Bonchev–Trinajstić information content (AvgIpc) is 2.48. The van der Waals surface area contributed by atoms with E-state index < -0.39 is 0 Å². The van der Waals surface area contributed by atoms with Crippen molar-refractivity contribution in [3.63, 3.8) is 0 Å². The van der Waals surface area contributed by atoms with Crippen molar-refractivity contribution in [3.05, 3.63) is 60.2 Å². The van der Waals surface area contributed by atoms with Crippen molar-refractivity contribution in [1.29, 1.82) is 0 Å². The van der Waals surface area contributed by atoms with Gasteiger partial charge in [0.15, 0.2) is 0 Å². The quantitative estimate of drug-likeness (QED) is 0.686. The highest BCUT2D eigenvalue weighted by molar-refractivity contribution is 5.34. The largest absolute Gasteiger partial charge is 0.457 e. The van der Waals surface area contributed by atoms with Crippen LogP contribution in [0.1, 0.15) is 32.3 Å². The maximum absolute atomic E-state index is 5.79. The SMILES string of the molecule is CC#CC(C)C(C)c1ccc(Oc2ccccc2)cc1. The minimum Gasteiger partial charge on any atom is -0.457 e. The molecular formula is C19H20O. The Balaban J connectivity index is 2.08. The number of ether oxygens (including phenoxy) is 1. The van der Waals surface area contributed by atoms with E-state index in [0.29, 0.717) is 11.8 Å². The van der Waals surface area contributed by atoms with E-state index in [-0.39, 0.29) is 0 Å². The molecule has 0 amide bonds. The van der Waals surface area contributed by atoms with Crippen LogP contribution in [0.2, 0.25) is 0 Å². The molecule has 0 bridgehead atoms. The maximum Gasteiger partial charge on any atom is 0.127 e. The van der Waals surface area contributed by atoms with Crippen molar-refractivity contribution in [3.8, 4) is 23.3 Å². The van der Waals surface area contributed by atoms with E-state index in [4.69, 9.17) is 4.74 Å². The molecule has 0 spiro atoms. The molecule has 0 saturated heterocycles. The zero-order valence-electron chi connectivity index (χ0n) is 12.3. The topological polar surface area (TPSA) is 9.23 Å². The summed E-state index contributed by atoms with van der Waals surface area (Å²) in [6.07, 6.45) is 0. The third kappa shape index (κ3) is 3.65. The standard InChI is InChI=1S/C19H20O/c1-4-8-15(2)16(3)17-11-13-19(14-12-17)20-18-9-6-5-7-10-18/h5-7,9-16H,1-3H3. The van der Waals surface area contributed by atoms with Crippen molar-refractivity contribution in [2.45, 2.75) is 26.7 Å². The Morgan fingerprint density at radius 3 is 2.05 bits per heavy atom. The van der Waals surface area contributed by atoms with Gasteiger partial charge in [0.2, 0.25) is 0 Å². The first-order chi connectivity index (χ1) is 9.70. The Kier molecular flexibility index (Phi) is 4.85. The second kappa shape index (κ2) is 6.82. The van der Waals surface area contributed by atoms with Crippen molar-refractivity contribution >= 4 is 0 Å². The van der Waals surface area contributed by atoms with Gasteiger partial charge in [0, 0.05) is 5.92 Å². The van der Waals surface area contributed by atoms with E-state index in [1.54, 1.807) is 0 Å². The van der Waals surface area contributed by atoms with E-state index >= 15 is 0 Å². The van der Waals surface area contributed by atoms with Gasteiger partial charge in [0.1, 0.15) is 11.5 Å². The lowest BCUT2D eigenvalue weighted by molar-refractivity contribution is 0.482. The van der Waals surface area contributed by atoms with Crippen molar-refractivity contribution < 1.29 is 4.74 Å². The molecule has 1 nitrogen and oxygen atoms in total. The molecule has 2 rings (SSSR count). The summed E-state index contributed by atoms with van der Waals surface area (Å²) in [4.78, 5) is 0. The highest BCUT2D eigenvalue weighted by atomic mass is 16.5. The fraction of sp³-hybridized carbons (Fsp3) is 0.263. The first-order valence-electron chi connectivity index (χ1n) is 6.96. The monoisotopic (exact) mass is 264 g/mol. The Morgan fingerprint density at radius 2 is 1.45 bits per heavy atom. The lowest BCUT2D eigenvalue weighted by Crippen LogP contribution is -2.03. The second-order valence-corrected chi connectivity index (χ2v) is 4.96. The molecule has 1 heteroatoms. The maximum atomic E-state index is 5.79. The van der Waals surface area contributed by atoms with Crippen molar-refractivity contribution in [2.24, 2.45) is 5.92 Å². The van der Waals surface area contributed by atoms with Crippen LogP contribution >= 0.6 is 0 Å². The number of rotatable bonds is 4. The van der Waals surface area contributed by atoms with Gasteiger partial charge in [0.05, 0.1) is 0 Å². The summed E-state index contributed by atoms with van der Waals surface area (Å²) in [7, 11) is 0. The molecule has 0 fully saturated rings. The molecular weight excluding hydrogens is 244 g/mol. The molecule has 0 radical (unpaired) electrons. The van der Waals surface area contributed by atoms with E-state index in [9.17, 15) is 0 Å². The summed E-state index contributed by atoms with van der Waals surface area (Å²) in [6.45, 7) is 6.26. The number of hydrogen-bond donors (Lipinski definition) is 0. The van der Waals surface area contributed by atoms with Crippen molar-refractivity contribution in [1.82, 2.24) is 0 Å². The summed E-state index contributed by atoms with van der Waals surface area (Å²) in [5.41, 5.74) is 1.29. The minimum atomic E-state index is 0.362. The minimum absolute atomic E-state index is 0.362. The predicted octanol–water partition coefficient (Wildman–Crippen LogP) is 5.24. The zero-order valence-corrected chi connectivity index (χ0v) is 12.3. The van der Waals surface area contributed by atoms with Crippen LogP contribution in [0.5, 0.6) is 11.5 Å². The molecule has 102 valence electrons. The Bertz CT molecular complexity index is 587. The van der Waals surface area contributed by atoms with Gasteiger partial charge in [-0.05, 0) is 42.7 Å². The van der Waals surface area contributed by atoms with Gasteiger partial charge in [-0.2, -0.15) is 0 Å². The highest BCUT2D eigenvalue weighted by Gasteiger charge is 2.12. The first kappa shape index (κ1) is 14.2. The van der Waals surface area contributed by atoms with Gasteiger partial charge >= 0.3 is 0 Å². The van der Waals surface area contributed by atoms with Crippen LogP contribution in [0.4, 0.5) is 0 Å². The third-order valence-corrected chi connectivity index (χ3v) is 3.51. The molecule has 0 aliphatic rings. The van der Waals surface area contributed by atoms with Gasteiger partial charge in [-0.1, -0.05) is 50.1 Å². The van der Waals surface area contributed by atoms with E-state index in [0.717, 1.165) is 11.5 Å². The van der Waals surface area contributed by atoms with E-state index in [1.807, 2.05) is 49.4 Å². The molecule has 0 N–H and O–H groups in total. The summed E-state index contributed by atoms with van der Waals surface area (Å²) >= 11 is 0. The van der Waals surface area contributed by atoms with Gasteiger partial charge in [0.25, 0.3) is 0 Å². The molecule has 0 saturated carbocycles. The predicted molar refractivity (Wildman–Crippen MR) is 84.0 cm³/mol. The van der Waals surface area contributed by atoms with Crippen LogP contribution in [0.15, 0.2) is 54.6 Å². The van der Waals surface area contributed by atoms with E-state index in [1.165, 1.54) is 5.56 Å². The van der Waals surface area contributed by atoms with E-state index in [2.05, 4.69) is 37.8 Å². The Hall–Kier alpha value is -2.20. The van der Waals surface area contributed by atoms with Crippen LogP contribution in [0, 0.1) is 17.8 Å². The summed E-state index contributed by atoms with van der Waals surface area (Å²) in [5.74, 6) is 8.71. The summed E-state index contributed by atoms with van der Waals surface area (Å²) in [5, 5.41) is 0. The van der Waals surface area contributed by atoms with Crippen LogP contribution in [0.25, 0.3) is 0 Å². The normalized spacial score (nSPS) is 12.9. The number of benzene rings is 2. The zero-order chi connectivity index (χ0) is 14.4. The smallest absolute Gasteiger partial charge is 0.127 e.